The zero-order chi connectivity index (χ0) is 13.2. The fourth-order valence-corrected chi connectivity index (χ4v) is 2.86. The number of hydrogen-bond donors (Lipinski definition) is 1. The molecule has 0 amide bonds. The van der Waals surface area contributed by atoms with Crippen LogP contribution < -0.4 is 4.72 Å². The molecule has 8 heteroatoms. The highest BCUT2D eigenvalue weighted by atomic mass is 79.9. The second kappa shape index (κ2) is 5.21. The molecular weight excluding hydrogens is 342 g/mol. The summed E-state index contributed by atoms with van der Waals surface area (Å²) in [6.45, 7) is 0. The molecule has 2 aromatic rings. The van der Waals surface area contributed by atoms with E-state index in [-0.39, 0.29) is 15.7 Å². The maximum Gasteiger partial charge on any atom is 0.266 e. The number of nitrogens with zero attached hydrogens (tertiary/aromatic N) is 2. The number of halogens is 2. The average Bonchev–Trinajstić information content (AvgIpc) is 2.32. The molecule has 0 fully saturated rings. The summed E-state index contributed by atoms with van der Waals surface area (Å²) in [5.74, 6) is 0.207. The molecule has 0 spiro atoms. The SMILES string of the molecule is O=S(=O)(Nc1ccc(Br)cn1)c1cnccc1Cl. The Morgan fingerprint density at radius 1 is 1.22 bits per heavy atom. The van der Waals surface area contributed by atoms with Gasteiger partial charge >= 0.3 is 0 Å². The van der Waals surface area contributed by atoms with Gasteiger partial charge in [0.05, 0.1) is 5.02 Å². The molecule has 94 valence electrons. The number of sulfonamides is 1. The van der Waals surface area contributed by atoms with E-state index in [1.54, 1.807) is 6.07 Å². The summed E-state index contributed by atoms with van der Waals surface area (Å²) in [6, 6.07) is 4.62. The maximum absolute atomic E-state index is 12.0. The molecule has 2 rings (SSSR count). The molecule has 0 aliphatic heterocycles. The highest BCUT2D eigenvalue weighted by Crippen LogP contribution is 2.22. The molecule has 18 heavy (non-hydrogen) atoms. The van der Waals surface area contributed by atoms with Crippen molar-refractivity contribution in [3.8, 4) is 0 Å². The highest BCUT2D eigenvalue weighted by molar-refractivity contribution is 9.10. The van der Waals surface area contributed by atoms with Crippen LogP contribution in [0, 0.1) is 0 Å². The van der Waals surface area contributed by atoms with Gasteiger partial charge in [0.15, 0.2) is 0 Å². The lowest BCUT2D eigenvalue weighted by molar-refractivity contribution is 0.600. The fourth-order valence-electron chi connectivity index (χ4n) is 1.19. The van der Waals surface area contributed by atoms with E-state index in [1.807, 2.05) is 0 Å². The van der Waals surface area contributed by atoms with E-state index in [4.69, 9.17) is 11.6 Å². The lowest BCUT2D eigenvalue weighted by atomic mass is 10.5. The number of pyridine rings is 2. The monoisotopic (exact) mass is 347 g/mol. The van der Waals surface area contributed by atoms with Gasteiger partial charge in [-0.2, -0.15) is 0 Å². The number of aromatic nitrogens is 2. The molecular formula is C10H7BrClN3O2S. The first kappa shape index (κ1) is 13.3. The van der Waals surface area contributed by atoms with E-state index in [0.717, 1.165) is 4.47 Å². The smallest absolute Gasteiger partial charge is 0.263 e. The summed E-state index contributed by atoms with van der Waals surface area (Å²) in [6.07, 6.45) is 4.09. The van der Waals surface area contributed by atoms with Crippen LogP contribution in [0.3, 0.4) is 0 Å². The van der Waals surface area contributed by atoms with E-state index in [2.05, 4.69) is 30.6 Å². The van der Waals surface area contributed by atoms with Crippen molar-refractivity contribution in [2.24, 2.45) is 0 Å². The van der Waals surface area contributed by atoms with Gasteiger partial charge in [-0.3, -0.25) is 9.71 Å². The fraction of sp³-hybridized carbons (Fsp3) is 0. The molecule has 5 nitrogen and oxygen atoms in total. The third-order valence-corrected chi connectivity index (χ3v) is 4.28. The molecule has 0 aliphatic carbocycles. The van der Waals surface area contributed by atoms with Gasteiger partial charge < -0.3 is 0 Å². The van der Waals surface area contributed by atoms with Crippen molar-refractivity contribution in [2.45, 2.75) is 4.90 Å². The summed E-state index contributed by atoms with van der Waals surface area (Å²) in [7, 11) is -3.78. The third kappa shape index (κ3) is 2.98. The van der Waals surface area contributed by atoms with Crippen LogP contribution in [-0.2, 0) is 10.0 Å². The minimum absolute atomic E-state index is 0.0867. The van der Waals surface area contributed by atoms with E-state index in [1.165, 1.54) is 30.7 Å². The van der Waals surface area contributed by atoms with Crippen molar-refractivity contribution < 1.29 is 8.42 Å². The Morgan fingerprint density at radius 3 is 2.61 bits per heavy atom. The Morgan fingerprint density at radius 2 is 2.00 bits per heavy atom. The van der Waals surface area contributed by atoms with Gasteiger partial charge in [-0.25, -0.2) is 13.4 Å². The average molecular weight is 349 g/mol. The molecule has 0 unspecified atom stereocenters. The van der Waals surface area contributed by atoms with Gasteiger partial charge in [-0.1, -0.05) is 11.6 Å². The number of hydrogen-bond acceptors (Lipinski definition) is 4. The van der Waals surface area contributed by atoms with Gasteiger partial charge in [-0.05, 0) is 34.1 Å². The van der Waals surface area contributed by atoms with E-state index < -0.39 is 10.0 Å². The molecule has 0 aliphatic rings. The molecule has 0 saturated heterocycles. The van der Waals surface area contributed by atoms with Crippen molar-refractivity contribution in [2.75, 3.05) is 4.72 Å². The predicted octanol–water partition coefficient (Wildman–Crippen LogP) is 2.69. The largest absolute Gasteiger partial charge is 0.266 e. The summed E-state index contributed by atoms with van der Waals surface area (Å²) >= 11 is 9.02. The van der Waals surface area contributed by atoms with Crippen LogP contribution in [0.1, 0.15) is 0 Å². The van der Waals surface area contributed by atoms with Crippen molar-refractivity contribution in [3.63, 3.8) is 0 Å². The molecule has 2 aromatic heterocycles. The molecule has 0 saturated carbocycles. The van der Waals surface area contributed by atoms with Crippen molar-refractivity contribution >= 4 is 43.4 Å². The van der Waals surface area contributed by atoms with Gasteiger partial charge in [0.1, 0.15) is 10.7 Å². The minimum Gasteiger partial charge on any atom is -0.263 e. The van der Waals surface area contributed by atoms with Gasteiger partial charge in [0.25, 0.3) is 10.0 Å². The standard InChI is InChI=1S/C10H7BrClN3O2S/c11-7-1-2-10(14-5-7)15-18(16,17)9-6-13-4-3-8(9)12/h1-6H,(H,14,15). The lowest BCUT2D eigenvalue weighted by Gasteiger charge is -2.07. The Balaban J connectivity index is 2.33. The topological polar surface area (TPSA) is 72.0 Å². The highest BCUT2D eigenvalue weighted by Gasteiger charge is 2.18. The van der Waals surface area contributed by atoms with Crippen molar-refractivity contribution in [3.05, 3.63) is 46.3 Å². The predicted molar refractivity (Wildman–Crippen MR) is 72.0 cm³/mol. The van der Waals surface area contributed by atoms with Gasteiger partial charge in [-0.15, -0.1) is 0 Å². The Bertz CT molecular complexity index is 661. The lowest BCUT2D eigenvalue weighted by Crippen LogP contribution is -2.14. The first-order valence-corrected chi connectivity index (χ1v) is 7.38. The number of anilines is 1. The van der Waals surface area contributed by atoms with Gasteiger partial charge in [0.2, 0.25) is 0 Å². The Hall–Kier alpha value is -1.18. The van der Waals surface area contributed by atoms with E-state index >= 15 is 0 Å². The second-order valence-electron chi connectivity index (χ2n) is 3.27. The van der Waals surface area contributed by atoms with Crippen molar-refractivity contribution in [1.29, 1.82) is 0 Å². The zero-order valence-electron chi connectivity index (χ0n) is 8.84. The van der Waals surface area contributed by atoms with Crippen LogP contribution in [-0.4, -0.2) is 18.4 Å². The number of nitrogens with one attached hydrogen (secondary N) is 1. The van der Waals surface area contributed by atoms with Crippen LogP contribution in [0.15, 0.2) is 46.2 Å². The quantitative estimate of drug-likeness (QED) is 0.925. The Labute approximate surface area is 117 Å². The second-order valence-corrected chi connectivity index (χ2v) is 6.25. The summed E-state index contributed by atoms with van der Waals surface area (Å²) in [4.78, 5) is 7.57. The first-order valence-electron chi connectivity index (χ1n) is 4.73. The normalized spacial score (nSPS) is 11.2. The minimum atomic E-state index is -3.78. The van der Waals surface area contributed by atoms with Gasteiger partial charge in [0, 0.05) is 23.1 Å². The summed E-state index contributed by atoms with van der Waals surface area (Å²) < 4.78 is 27.1. The molecule has 0 aromatic carbocycles. The zero-order valence-corrected chi connectivity index (χ0v) is 12.0. The maximum atomic E-state index is 12.0. The van der Waals surface area contributed by atoms with Crippen LogP contribution in [0.4, 0.5) is 5.82 Å². The van der Waals surface area contributed by atoms with Crippen LogP contribution in [0.5, 0.6) is 0 Å². The number of rotatable bonds is 3. The Kier molecular flexibility index (Phi) is 3.84. The molecule has 0 atom stereocenters. The van der Waals surface area contributed by atoms with Crippen molar-refractivity contribution in [1.82, 2.24) is 9.97 Å². The molecule has 0 radical (unpaired) electrons. The summed E-state index contributed by atoms with van der Waals surface area (Å²) in [5, 5.41) is 0.106. The van der Waals surface area contributed by atoms with E-state index in [9.17, 15) is 8.42 Å². The molecule has 1 N–H and O–H groups in total. The third-order valence-electron chi connectivity index (χ3n) is 1.99. The van der Waals surface area contributed by atoms with Crippen LogP contribution in [0.2, 0.25) is 5.02 Å². The van der Waals surface area contributed by atoms with E-state index in [0.29, 0.717) is 0 Å². The summed E-state index contributed by atoms with van der Waals surface area (Å²) in [5.41, 5.74) is 0. The molecule has 2 heterocycles. The van der Waals surface area contributed by atoms with Crippen LogP contribution in [0.25, 0.3) is 0 Å². The first-order chi connectivity index (χ1) is 8.49. The van der Waals surface area contributed by atoms with Crippen LogP contribution >= 0.6 is 27.5 Å². The molecule has 0 bridgehead atoms.